The lowest BCUT2D eigenvalue weighted by Crippen LogP contribution is -2.34. The van der Waals surface area contributed by atoms with Crippen LogP contribution in [0.5, 0.6) is 0 Å². The Hall–Kier alpha value is -0.960. The maximum absolute atomic E-state index is 11.8. The highest BCUT2D eigenvalue weighted by Crippen LogP contribution is 2.09. The van der Waals surface area contributed by atoms with Gasteiger partial charge in [-0.25, -0.2) is 26.3 Å². The highest BCUT2D eigenvalue weighted by molar-refractivity contribution is 7.89. The third-order valence-corrected chi connectivity index (χ3v) is 4.32. The van der Waals surface area contributed by atoms with Crippen molar-refractivity contribution >= 4 is 20.0 Å². The van der Waals surface area contributed by atoms with E-state index in [1.165, 1.54) is 12.1 Å². The van der Waals surface area contributed by atoms with Crippen LogP contribution in [-0.4, -0.2) is 36.2 Å². The molecule has 1 rings (SSSR count). The fraction of sp³-hybridized carbons (Fsp3) is 0.400. The van der Waals surface area contributed by atoms with Crippen LogP contribution in [0.2, 0.25) is 0 Å². The molecule has 0 saturated heterocycles. The van der Waals surface area contributed by atoms with Crippen LogP contribution in [0.25, 0.3) is 0 Å². The van der Waals surface area contributed by atoms with Crippen molar-refractivity contribution in [3.05, 3.63) is 29.8 Å². The van der Waals surface area contributed by atoms with Crippen molar-refractivity contribution in [1.29, 1.82) is 0 Å². The number of hydrogen-bond acceptors (Lipinski definition) is 4. The quantitative estimate of drug-likeness (QED) is 0.712. The molecule has 2 N–H and O–H groups in total. The summed E-state index contributed by atoms with van der Waals surface area (Å²) in [5.74, 6) is 0. The zero-order valence-corrected chi connectivity index (χ0v) is 11.8. The van der Waals surface area contributed by atoms with E-state index < -0.39 is 20.0 Å². The van der Waals surface area contributed by atoms with Crippen LogP contribution < -0.4 is 9.44 Å². The van der Waals surface area contributed by atoms with Crippen molar-refractivity contribution in [1.82, 2.24) is 9.44 Å². The third-order valence-electron chi connectivity index (χ3n) is 2.11. The summed E-state index contributed by atoms with van der Waals surface area (Å²) in [4.78, 5) is 0.160. The van der Waals surface area contributed by atoms with Crippen molar-refractivity contribution in [2.24, 2.45) is 0 Å². The minimum Gasteiger partial charge on any atom is -0.214 e. The standard InChI is InChI=1S/C10H16N2O4S2/c1-9-3-5-10(6-4-9)18(15,16)12-8-7-11-17(2,13)14/h3-6,11-12H,7-8H2,1-2H3. The second-order valence-electron chi connectivity index (χ2n) is 3.88. The Labute approximate surface area is 108 Å². The zero-order chi connectivity index (χ0) is 13.8. The topological polar surface area (TPSA) is 92.3 Å². The van der Waals surface area contributed by atoms with Crippen molar-refractivity contribution in [2.75, 3.05) is 19.3 Å². The number of benzene rings is 1. The summed E-state index contributed by atoms with van der Waals surface area (Å²) in [6.07, 6.45) is 1.02. The van der Waals surface area contributed by atoms with Crippen LogP contribution in [0.3, 0.4) is 0 Å². The normalized spacial score (nSPS) is 12.6. The van der Waals surface area contributed by atoms with Gasteiger partial charge in [0.25, 0.3) is 0 Å². The van der Waals surface area contributed by atoms with Gasteiger partial charge in [-0.15, -0.1) is 0 Å². The molecule has 18 heavy (non-hydrogen) atoms. The van der Waals surface area contributed by atoms with Gasteiger partial charge in [0.2, 0.25) is 20.0 Å². The van der Waals surface area contributed by atoms with Crippen LogP contribution in [0, 0.1) is 6.92 Å². The predicted octanol–water partition coefficient (Wildman–Crippen LogP) is -0.177. The second-order valence-corrected chi connectivity index (χ2v) is 7.48. The van der Waals surface area contributed by atoms with Crippen LogP contribution in [0.1, 0.15) is 5.56 Å². The van der Waals surface area contributed by atoms with Crippen LogP contribution in [0.15, 0.2) is 29.2 Å². The molecule has 8 heteroatoms. The second kappa shape index (κ2) is 5.79. The Morgan fingerprint density at radius 1 is 0.944 bits per heavy atom. The van der Waals surface area contributed by atoms with Gasteiger partial charge in [-0.05, 0) is 19.1 Å². The Morgan fingerprint density at radius 2 is 1.44 bits per heavy atom. The summed E-state index contributed by atoms with van der Waals surface area (Å²) in [6.45, 7) is 1.88. The van der Waals surface area contributed by atoms with E-state index >= 15 is 0 Å². The lowest BCUT2D eigenvalue weighted by molar-refractivity contribution is 0.573. The first kappa shape index (κ1) is 15.1. The molecule has 0 radical (unpaired) electrons. The third kappa shape index (κ3) is 5.13. The Kier molecular flexibility index (Phi) is 4.85. The van der Waals surface area contributed by atoms with Crippen molar-refractivity contribution in [3.63, 3.8) is 0 Å². The summed E-state index contributed by atoms with van der Waals surface area (Å²) in [6, 6.07) is 6.40. The molecular formula is C10H16N2O4S2. The van der Waals surface area contributed by atoms with Crippen molar-refractivity contribution < 1.29 is 16.8 Å². The van der Waals surface area contributed by atoms with Gasteiger partial charge in [0, 0.05) is 13.1 Å². The van der Waals surface area contributed by atoms with Crippen LogP contribution in [-0.2, 0) is 20.0 Å². The molecule has 0 fully saturated rings. The van der Waals surface area contributed by atoms with E-state index in [2.05, 4.69) is 9.44 Å². The molecular weight excluding hydrogens is 276 g/mol. The van der Waals surface area contributed by atoms with Crippen molar-refractivity contribution in [3.8, 4) is 0 Å². The molecule has 0 saturated carbocycles. The monoisotopic (exact) mass is 292 g/mol. The van der Waals surface area contributed by atoms with E-state index in [1.807, 2.05) is 6.92 Å². The number of aryl methyl sites for hydroxylation is 1. The number of sulfonamides is 2. The number of hydrogen-bond donors (Lipinski definition) is 2. The van der Waals surface area contributed by atoms with E-state index in [9.17, 15) is 16.8 Å². The fourth-order valence-electron chi connectivity index (χ4n) is 1.22. The molecule has 1 aromatic carbocycles. The molecule has 0 atom stereocenters. The first-order valence-corrected chi connectivity index (χ1v) is 8.59. The van der Waals surface area contributed by atoms with Gasteiger partial charge in [-0.3, -0.25) is 0 Å². The molecule has 0 aliphatic carbocycles. The van der Waals surface area contributed by atoms with Gasteiger partial charge in [0.1, 0.15) is 0 Å². The summed E-state index contributed by atoms with van der Waals surface area (Å²) in [5.41, 5.74) is 0.965. The molecule has 0 heterocycles. The summed E-state index contributed by atoms with van der Waals surface area (Å²) in [5, 5.41) is 0. The maximum Gasteiger partial charge on any atom is 0.240 e. The molecule has 0 amide bonds. The molecule has 0 bridgehead atoms. The van der Waals surface area contributed by atoms with Gasteiger partial charge in [-0.2, -0.15) is 0 Å². The van der Waals surface area contributed by atoms with E-state index in [1.54, 1.807) is 12.1 Å². The van der Waals surface area contributed by atoms with E-state index in [0.717, 1.165) is 11.8 Å². The summed E-state index contributed by atoms with van der Waals surface area (Å²) < 4.78 is 49.6. The van der Waals surface area contributed by atoms with Crippen molar-refractivity contribution in [2.45, 2.75) is 11.8 Å². The van der Waals surface area contributed by atoms with Gasteiger partial charge in [0.05, 0.1) is 11.2 Å². The molecule has 0 aromatic heterocycles. The molecule has 0 spiro atoms. The largest absolute Gasteiger partial charge is 0.240 e. The molecule has 6 nitrogen and oxygen atoms in total. The smallest absolute Gasteiger partial charge is 0.214 e. The van der Waals surface area contributed by atoms with Gasteiger partial charge >= 0.3 is 0 Å². The molecule has 0 aliphatic rings. The average Bonchev–Trinajstić information content (AvgIpc) is 2.24. The SMILES string of the molecule is Cc1ccc(S(=O)(=O)NCCNS(C)(=O)=O)cc1. The van der Waals surface area contributed by atoms with E-state index in [0.29, 0.717) is 0 Å². The Morgan fingerprint density at radius 3 is 1.94 bits per heavy atom. The fourth-order valence-corrected chi connectivity index (χ4v) is 2.73. The average molecular weight is 292 g/mol. The minimum atomic E-state index is -3.58. The minimum absolute atomic E-state index is 0.00325. The van der Waals surface area contributed by atoms with Gasteiger partial charge in [0.15, 0.2) is 0 Å². The Balaban J connectivity index is 2.58. The molecule has 102 valence electrons. The number of nitrogens with one attached hydrogen (secondary N) is 2. The summed E-state index contributed by atoms with van der Waals surface area (Å²) in [7, 11) is -6.88. The van der Waals surface area contributed by atoms with Gasteiger partial charge in [-0.1, -0.05) is 17.7 Å². The lowest BCUT2D eigenvalue weighted by Gasteiger charge is -2.07. The van der Waals surface area contributed by atoms with E-state index in [4.69, 9.17) is 0 Å². The predicted molar refractivity (Wildman–Crippen MR) is 69.2 cm³/mol. The van der Waals surface area contributed by atoms with E-state index in [-0.39, 0.29) is 18.0 Å². The highest BCUT2D eigenvalue weighted by atomic mass is 32.2. The van der Waals surface area contributed by atoms with Gasteiger partial charge < -0.3 is 0 Å². The molecule has 0 unspecified atom stereocenters. The Bertz CT molecular complexity index is 591. The first-order chi connectivity index (χ1) is 8.21. The van der Waals surface area contributed by atoms with Crippen LogP contribution in [0.4, 0.5) is 0 Å². The maximum atomic E-state index is 11.8. The van der Waals surface area contributed by atoms with Crippen LogP contribution >= 0.6 is 0 Å². The summed E-state index contributed by atoms with van der Waals surface area (Å²) >= 11 is 0. The first-order valence-electron chi connectivity index (χ1n) is 5.22. The molecule has 1 aromatic rings. The number of rotatable bonds is 6. The highest BCUT2D eigenvalue weighted by Gasteiger charge is 2.12. The zero-order valence-electron chi connectivity index (χ0n) is 10.2. The molecule has 0 aliphatic heterocycles. The lowest BCUT2D eigenvalue weighted by atomic mass is 10.2.